The van der Waals surface area contributed by atoms with E-state index in [-0.39, 0.29) is 0 Å². The lowest BCUT2D eigenvalue weighted by atomic mass is 10.0. The van der Waals surface area contributed by atoms with Gasteiger partial charge in [-0.15, -0.1) is 11.3 Å². The molecule has 1 unspecified atom stereocenters. The molecule has 0 bridgehead atoms. The summed E-state index contributed by atoms with van der Waals surface area (Å²) in [5.74, 6) is 0. The summed E-state index contributed by atoms with van der Waals surface area (Å²) in [7, 11) is 0. The summed E-state index contributed by atoms with van der Waals surface area (Å²) in [5, 5.41) is 11.6. The second kappa shape index (κ2) is 5.64. The average molecular weight is 348 g/mol. The Morgan fingerprint density at radius 3 is 2.85 bits per heavy atom. The molecule has 3 aromatic rings. The molecule has 0 aliphatic rings. The van der Waals surface area contributed by atoms with E-state index in [1.54, 1.807) is 17.5 Å². The summed E-state index contributed by atoms with van der Waals surface area (Å²) in [6.45, 7) is 2.04. The second-order valence-electron chi connectivity index (χ2n) is 4.81. The van der Waals surface area contributed by atoms with Crippen LogP contribution in [0.4, 0.5) is 0 Å². The number of aryl methyl sites for hydroxylation is 1. The summed E-state index contributed by atoms with van der Waals surface area (Å²) in [6, 6.07) is 12.1. The molecule has 4 heteroatoms. The maximum absolute atomic E-state index is 10.4. The van der Waals surface area contributed by atoms with E-state index in [4.69, 9.17) is 0 Å². The molecule has 0 fully saturated rings. The number of hydrogen-bond acceptors (Lipinski definition) is 3. The highest BCUT2D eigenvalue weighted by Crippen LogP contribution is 2.33. The summed E-state index contributed by atoms with van der Waals surface area (Å²) < 4.78 is 1.09. The molecule has 1 atom stereocenters. The molecule has 102 valence electrons. The third-order valence-corrected chi connectivity index (χ3v) is 5.60. The van der Waals surface area contributed by atoms with Gasteiger partial charge in [0.05, 0.1) is 15.4 Å². The second-order valence-corrected chi connectivity index (χ2v) is 7.21. The number of para-hydroxylation sites is 1. The van der Waals surface area contributed by atoms with E-state index in [1.807, 2.05) is 37.3 Å². The van der Waals surface area contributed by atoms with Crippen molar-refractivity contribution in [1.29, 1.82) is 0 Å². The number of rotatable bonds is 3. The molecule has 2 heterocycles. The molecular weight excluding hydrogens is 334 g/mol. The Morgan fingerprint density at radius 2 is 2.10 bits per heavy atom. The Kier molecular flexibility index (Phi) is 3.87. The minimum absolute atomic E-state index is 0.476. The van der Waals surface area contributed by atoms with Crippen molar-refractivity contribution in [1.82, 2.24) is 4.98 Å². The SMILES string of the molecule is Cc1cc(C(O)Cc2ccnc3ccccc23)sc1Br. The largest absolute Gasteiger partial charge is 0.387 e. The standard InChI is InChI=1S/C16H14BrNOS/c1-10-8-15(20-16(10)17)14(19)9-11-6-7-18-13-5-3-2-4-12(11)13/h2-8,14,19H,9H2,1H3. The van der Waals surface area contributed by atoms with Crippen LogP contribution in [0.3, 0.4) is 0 Å². The lowest BCUT2D eigenvalue weighted by Crippen LogP contribution is -2.00. The smallest absolute Gasteiger partial charge is 0.0922 e. The van der Waals surface area contributed by atoms with Gasteiger partial charge in [0.15, 0.2) is 0 Å². The molecule has 1 aromatic carbocycles. The third kappa shape index (κ3) is 2.64. The highest BCUT2D eigenvalue weighted by molar-refractivity contribution is 9.11. The van der Waals surface area contributed by atoms with E-state index in [9.17, 15) is 5.11 Å². The van der Waals surface area contributed by atoms with Gasteiger partial charge in [-0.3, -0.25) is 4.98 Å². The summed E-state index contributed by atoms with van der Waals surface area (Å²) in [5.41, 5.74) is 3.27. The van der Waals surface area contributed by atoms with Crippen molar-refractivity contribution >= 4 is 38.2 Å². The quantitative estimate of drug-likeness (QED) is 0.748. The number of hydrogen-bond donors (Lipinski definition) is 1. The Balaban J connectivity index is 1.93. The maximum atomic E-state index is 10.4. The lowest BCUT2D eigenvalue weighted by Gasteiger charge is -2.10. The zero-order chi connectivity index (χ0) is 14.1. The van der Waals surface area contributed by atoms with Gasteiger partial charge in [-0.05, 0) is 52.2 Å². The van der Waals surface area contributed by atoms with Crippen molar-refractivity contribution in [3.63, 3.8) is 0 Å². The van der Waals surface area contributed by atoms with Crippen LogP contribution in [0.2, 0.25) is 0 Å². The van der Waals surface area contributed by atoms with Crippen molar-refractivity contribution in [3.8, 4) is 0 Å². The van der Waals surface area contributed by atoms with Gasteiger partial charge in [0, 0.05) is 22.9 Å². The Morgan fingerprint density at radius 1 is 1.30 bits per heavy atom. The number of aliphatic hydroxyl groups is 1. The van der Waals surface area contributed by atoms with Crippen molar-refractivity contribution < 1.29 is 5.11 Å². The molecule has 0 saturated carbocycles. The first-order valence-corrected chi connectivity index (χ1v) is 8.02. The van der Waals surface area contributed by atoms with Crippen LogP contribution in [0.25, 0.3) is 10.9 Å². The van der Waals surface area contributed by atoms with Gasteiger partial charge in [-0.2, -0.15) is 0 Å². The van der Waals surface area contributed by atoms with Crippen LogP contribution < -0.4 is 0 Å². The molecule has 0 aliphatic heterocycles. The van der Waals surface area contributed by atoms with E-state index >= 15 is 0 Å². The average Bonchev–Trinajstić information content (AvgIpc) is 2.79. The van der Waals surface area contributed by atoms with Crippen LogP contribution in [-0.2, 0) is 6.42 Å². The zero-order valence-electron chi connectivity index (χ0n) is 11.0. The van der Waals surface area contributed by atoms with Gasteiger partial charge < -0.3 is 5.11 Å². The molecular formula is C16H14BrNOS. The third-order valence-electron chi connectivity index (χ3n) is 3.36. The minimum Gasteiger partial charge on any atom is -0.387 e. The highest BCUT2D eigenvalue weighted by atomic mass is 79.9. The van der Waals surface area contributed by atoms with E-state index < -0.39 is 6.10 Å². The van der Waals surface area contributed by atoms with Gasteiger partial charge in [-0.25, -0.2) is 0 Å². The first kappa shape index (κ1) is 13.7. The Bertz CT molecular complexity index is 728. The fourth-order valence-corrected chi connectivity index (χ4v) is 3.85. The van der Waals surface area contributed by atoms with E-state index in [1.165, 1.54) is 5.56 Å². The molecule has 3 rings (SSSR count). The molecule has 0 amide bonds. The van der Waals surface area contributed by atoms with Crippen molar-refractivity contribution in [3.05, 3.63) is 62.4 Å². The monoisotopic (exact) mass is 347 g/mol. The number of thiophene rings is 1. The molecule has 0 aliphatic carbocycles. The summed E-state index contributed by atoms with van der Waals surface area (Å²) in [4.78, 5) is 5.35. The van der Waals surface area contributed by atoms with Crippen LogP contribution in [0.1, 0.15) is 22.1 Å². The molecule has 20 heavy (non-hydrogen) atoms. The predicted molar refractivity (Wildman–Crippen MR) is 87.2 cm³/mol. The molecule has 1 N–H and O–H groups in total. The number of benzene rings is 1. The predicted octanol–water partition coefficient (Wildman–Crippen LogP) is 4.64. The normalized spacial score (nSPS) is 12.8. The molecule has 2 aromatic heterocycles. The zero-order valence-corrected chi connectivity index (χ0v) is 13.4. The van der Waals surface area contributed by atoms with Crippen molar-refractivity contribution in [2.24, 2.45) is 0 Å². The molecule has 2 nitrogen and oxygen atoms in total. The fraction of sp³-hybridized carbons (Fsp3) is 0.188. The van der Waals surface area contributed by atoms with Crippen molar-refractivity contribution in [2.45, 2.75) is 19.4 Å². The minimum atomic E-state index is -0.476. The number of fused-ring (bicyclic) bond motifs is 1. The summed E-state index contributed by atoms with van der Waals surface area (Å²) >= 11 is 5.11. The number of halogens is 1. The van der Waals surface area contributed by atoms with E-state index in [2.05, 4.69) is 27.0 Å². The Labute approximate surface area is 130 Å². The van der Waals surface area contributed by atoms with Crippen LogP contribution in [-0.4, -0.2) is 10.1 Å². The van der Waals surface area contributed by atoms with Gasteiger partial charge >= 0.3 is 0 Å². The Hall–Kier alpha value is -1.23. The van der Waals surface area contributed by atoms with Gasteiger partial charge in [0.2, 0.25) is 0 Å². The molecule has 0 radical (unpaired) electrons. The number of aliphatic hydroxyl groups excluding tert-OH is 1. The summed E-state index contributed by atoms with van der Waals surface area (Å²) in [6.07, 6.45) is 1.94. The van der Waals surface area contributed by atoms with Crippen LogP contribution in [0, 0.1) is 6.92 Å². The van der Waals surface area contributed by atoms with Crippen LogP contribution in [0.15, 0.2) is 46.4 Å². The van der Waals surface area contributed by atoms with Crippen molar-refractivity contribution in [2.75, 3.05) is 0 Å². The van der Waals surface area contributed by atoms with Crippen LogP contribution >= 0.6 is 27.3 Å². The maximum Gasteiger partial charge on any atom is 0.0922 e. The topological polar surface area (TPSA) is 33.1 Å². The molecule has 0 saturated heterocycles. The lowest BCUT2D eigenvalue weighted by molar-refractivity contribution is 0.182. The van der Waals surface area contributed by atoms with Gasteiger partial charge in [0.25, 0.3) is 0 Å². The van der Waals surface area contributed by atoms with E-state index in [0.29, 0.717) is 6.42 Å². The van der Waals surface area contributed by atoms with Crippen LogP contribution in [0.5, 0.6) is 0 Å². The fourth-order valence-electron chi connectivity index (χ4n) is 2.29. The van der Waals surface area contributed by atoms with Gasteiger partial charge in [-0.1, -0.05) is 18.2 Å². The van der Waals surface area contributed by atoms with E-state index in [0.717, 1.165) is 25.1 Å². The first-order valence-electron chi connectivity index (χ1n) is 6.41. The number of pyridine rings is 1. The van der Waals surface area contributed by atoms with Gasteiger partial charge in [0.1, 0.15) is 0 Å². The number of nitrogens with zero attached hydrogens (tertiary/aromatic N) is 1. The highest BCUT2D eigenvalue weighted by Gasteiger charge is 2.14. The first-order chi connectivity index (χ1) is 9.65. The molecule has 0 spiro atoms. The number of aromatic nitrogens is 1.